The van der Waals surface area contributed by atoms with Crippen LogP contribution in [0.25, 0.3) is 0 Å². The maximum atomic E-state index is 12.2. The summed E-state index contributed by atoms with van der Waals surface area (Å²) in [5.74, 6) is 1.48. The highest BCUT2D eigenvalue weighted by molar-refractivity contribution is 7.99. The van der Waals surface area contributed by atoms with E-state index in [2.05, 4.69) is 25.4 Å². The van der Waals surface area contributed by atoms with Gasteiger partial charge in [0.15, 0.2) is 11.0 Å². The molecule has 152 valence electrons. The summed E-state index contributed by atoms with van der Waals surface area (Å²) in [6, 6.07) is 9.62. The zero-order chi connectivity index (χ0) is 20.8. The summed E-state index contributed by atoms with van der Waals surface area (Å²) < 4.78 is 5.20. The van der Waals surface area contributed by atoms with Crippen LogP contribution in [-0.2, 0) is 11.2 Å². The number of hydrogen-bond acceptors (Lipinski definition) is 7. The van der Waals surface area contributed by atoms with Gasteiger partial charge in [0.1, 0.15) is 0 Å². The summed E-state index contributed by atoms with van der Waals surface area (Å²) >= 11 is 1.50. The molecule has 1 N–H and O–H groups in total. The Morgan fingerprint density at radius 2 is 1.79 bits per heavy atom. The minimum absolute atomic E-state index is 0.0355. The van der Waals surface area contributed by atoms with Crippen LogP contribution in [0.15, 0.2) is 44.9 Å². The molecule has 0 fully saturated rings. The van der Waals surface area contributed by atoms with E-state index in [-0.39, 0.29) is 11.8 Å². The van der Waals surface area contributed by atoms with Crippen LogP contribution in [0.1, 0.15) is 55.7 Å². The summed E-state index contributed by atoms with van der Waals surface area (Å²) in [6.07, 6.45) is 1.65. The van der Waals surface area contributed by atoms with Crippen LogP contribution < -0.4 is 5.32 Å². The van der Waals surface area contributed by atoms with Gasteiger partial charge < -0.3 is 9.84 Å². The van der Waals surface area contributed by atoms with Crippen LogP contribution in [0.5, 0.6) is 0 Å². The number of carbonyl (C=O) groups excluding carboxylic acids is 1. The van der Waals surface area contributed by atoms with E-state index >= 15 is 0 Å². The highest BCUT2D eigenvalue weighted by Gasteiger charge is 2.10. The minimum atomic E-state index is -0.0355. The molecule has 0 saturated heterocycles. The Morgan fingerprint density at radius 3 is 2.41 bits per heavy atom. The maximum absolute atomic E-state index is 12.2. The molecule has 0 aliphatic carbocycles. The second-order valence-electron chi connectivity index (χ2n) is 7.16. The summed E-state index contributed by atoms with van der Waals surface area (Å²) in [4.78, 5) is 26.4. The molecule has 1 aromatic carbocycles. The van der Waals surface area contributed by atoms with Crippen molar-refractivity contribution in [3.05, 3.63) is 53.4 Å². The van der Waals surface area contributed by atoms with E-state index in [1.165, 1.54) is 11.8 Å². The molecule has 0 spiro atoms. The number of hydrogen-bond donors (Lipinski definition) is 1. The van der Waals surface area contributed by atoms with Crippen molar-refractivity contribution in [3.8, 4) is 0 Å². The molecule has 0 bridgehead atoms. The van der Waals surface area contributed by atoms with Crippen molar-refractivity contribution in [1.29, 1.82) is 0 Å². The molecule has 3 aromatic rings. The Balaban J connectivity index is 1.46. The first kappa shape index (κ1) is 21.0. The Labute approximate surface area is 174 Å². The molecular weight excluding hydrogens is 386 g/mol. The molecule has 1 amide bonds. The van der Waals surface area contributed by atoms with Gasteiger partial charge in [-0.1, -0.05) is 19.0 Å². The standard InChI is InChI=1S/C21H25N5O2S/c1-13(2)20-25-19(28-26-20)7-5-6-18(27)24-16-8-10-17(11-9-16)29-21-22-14(3)12-15(4)23-21/h8-13H,5-7H2,1-4H3,(H,24,27). The molecular formula is C21H25N5O2S. The normalized spacial score (nSPS) is 11.1. The van der Waals surface area contributed by atoms with Crippen molar-refractivity contribution in [3.63, 3.8) is 0 Å². The van der Waals surface area contributed by atoms with Gasteiger partial charge in [0, 0.05) is 40.7 Å². The van der Waals surface area contributed by atoms with Gasteiger partial charge in [-0.05, 0) is 62.4 Å². The highest BCUT2D eigenvalue weighted by atomic mass is 32.2. The Morgan fingerprint density at radius 1 is 1.10 bits per heavy atom. The molecule has 0 radical (unpaired) electrons. The fourth-order valence-electron chi connectivity index (χ4n) is 2.68. The van der Waals surface area contributed by atoms with Crippen molar-refractivity contribution in [2.24, 2.45) is 0 Å². The highest BCUT2D eigenvalue weighted by Crippen LogP contribution is 2.26. The molecule has 0 saturated carbocycles. The van der Waals surface area contributed by atoms with E-state index in [4.69, 9.17) is 4.52 Å². The molecule has 3 rings (SSSR count). The van der Waals surface area contributed by atoms with Crippen LogP contribution in [0, 0.1) is 13.8 Å². The summed E-state index contributed by atoms with van der Waals surface area (Å²) in [6.45, 7) is 7.94. The second-order valence-corrected chi connectivity index (χ2v) is 8.20. The van der Waals surface area contributed by atoms with Crippen LogP contribution >= 0.6 is 11.8 Å². The number of anilines is 1. The molecule has 2 heterocycles. The van der Waals surface area contributed by atoms with E-state index in [9.17, 15) is 4.79 Å². The lowest BCUT2D eigenvalue weighted by Crippen LogP contribution is -2.11. The van der Waals surface area contributed by atoms with Crippen LogP contribution in [-0.4, -0.2) is 26.0 Å². The van der Waals surface area contributed by atoms with Crippen molar-refractivity contribution in [2.45, 2.75) is 62.9 Å². The molecule has 0 aliphatic rings. The lowest BCUT2D eigenvalue weighted by Gasteiger charge is -2.06. The van der Waals surface area contributed by atoms with Gasteiger partial charge in [0.2, 0.25) is 11.8 Å². The predicted molar refractivity (Wildman–Crippen MR) is 112 cm³/mol. The number of rotatable bonds is 8. The molecule has 0 unspecified atom stereocenters. The Bertz CT molecular complexity index is 949. The van der Waals surface area contributed by atoms with Crippen LogP contribution in [0.4, 0.5) is 5.69 Å². The van der Waals surface area contributed by atoms with Gasteiger partial charge in [-0.3, -0.25) is 4.79 Å². The smallest absolute Gasteiger partial charge is 0.226 e. The van der Waals surface area contributed by atoms with Crippen molar-refractivity contribution in [2.75, 3.05) is 5.32 Å². The van der Waals surface area contributed by atoms with E-state index in [0.29, 0.717) is 31.0 Å². The number of nitrogens with one attached hydrogen (secondary N) is 1. The molecule has 0 aliphatic heterocycles. The first-order valence-electron chi connectivity index (χ1n) is 9.61. The number of benzene rings is 1. The van der Waals surface area contributed by atoms with E-state index in [1.54, 1.807) is 0 Å². The Hall–Kier alpha value is -2.74. The average molecular weight is 412 g/mol. The van der Waals surface area contributed by atoms with Gasteiger partial charge >= 0.3 is 0 Å². The molecule has 8 heteroatoms. The summed E-state index contributed by atoms with van der Waals surface area (Å²) in [5.41, 5.74) is 2.66. The monoisotopic (exact) mass is 411 g/mol. The lowest BCUT2D eigenvalue weighted by atomic mass is 10.2. The summed E-state index contributed by atoms with van der Waals surface area (Å²) in [5, 5.41) is 7.57. The average Bonchev–Trinajstić information content (AvgIpc) is 3.12. The third-order valence-corrected chi connectivity index (χ3v) is 4.98. The number of carbonyl (C=O) groups is 1. The maximum Gasteiger partial charge on any atom is 0.226 e. The third-order valence-electron chi connectivity index (χ3n) is 4.10. The van der Waals surface area contributed by atoms with Crippen molar-refractivity contribution >= 4 is 23.4 Å². The predicted octanol–water partition coefficient (Wildman–Crippen LogP) is 4.71. The fourth-order valence-corrected chi connectivity index (χ4v) is 3.54. The number of amides is 1. The van der Waals surface area contributed by atoms with Crippen LogP contribution in [0.3, 0.4) is 0 Å². The summed E-state index contributed by atoms with van der Waals surface area (Å²) in [7, 11) is 0. The lowest BCUT2D eigenvalue weighted by molar-refractivity contribution is -0.116. The number of aryl methyl sites for hydroxylation is 3. The van der Waals surface area contributed by atoms with Gasteiger partial charge in [-0.15, -0.1) is 0 Å². The molecule has 0 atom stereocenters. The van der Waals surface area contributed by atoms with Gasteiger partial charge in [0.05, 0.1) is 0 Å². The van der Waals surface area contributed by atoms with Crippen molar-refractivity contribution < 1.29 is 9.32 Å². The molecule has 29 heavy (non-hydrogen) atoms. The zero-order valence-corrected chi connectivity index (χ0v) is 17.9. The second kappa shape index (κ2) is 9.65. The van der Waals surface area contributed by atoms with Crippen molar-refractivity contribution in [1.82, 2.24) is 20.1 Å². The third kappa shape index (κ3) is 6.39. The first-order valence-corrected chi connectivity index (χ1v) is 10.4. The van der Waals surface area contributed by atoms with Gasteiger partial charge in [0.25, 0.3) is 0 Å². The van der Waals surface area contributed by atoms with E-state index in [1.807, 2.05) is 58.0 Å². The quantitative estimate of drug-likeness (QED) is 0.536. The SMILES string of the molecule is Cc1cc(C)nc(Sc2ccc(NC(=O)CCCc3nc(C(C)C)no3)cc2)n1. The minimum Gasteiger partial charge on any atom is -0.339 e. The molecule has 2 aromatic heterocycles. The zero-order valence-electron chi connectivity index (χ0n) is 17.1. The van der Waals surface area contributed by atoms with E-state index < -0.39 is 0 Å². The fraction of sp³-hybridized carbons (Fsp3) is 0.381. The Kier molecular flexibility index (Phi) is 6.98. The molecule has 7 nitrogen and oxygen atoms in total. The largest absolute Gasteiger partial charge is 0.339 e. The topological polar surface area (TPSA) is 93.8 Å². The van der Waals surface area contributed by atoms with Gasteiger partial charge in [-0.25, -0.2) is 9.97 Å². The number of nitrogens with zero attached hydrogens (tertiary/aromatic N) is 4. The number of aromatic nitrogens is 4. The van der Waals surface area contributed by atoms with Gasteiger partial charge in [-0.2, -0.15) is 4.98 Å². The van der Waals surface area contributed by atoms with Crippen LogP contribution in [0.2, 0.25) is 0 Å². The first-order chi connectivity index (χ1) is 13.9. The van der Waals surface area contributed by atoms with E-state index in [0.717, 1.165) is 27.1 Å².